The fraction of sp³-hybridized carbons (Fsp3) is 0.318. The van der Waals surface area contributed by atoms with Crippen LogP contribution in [0, 0.1) is 11.7 Å². The molecular weight excluding hydrogens is 416 g/mol. The maximum atomic E-state index is 13.7. The summed E-state index contributed by atoms with van der Waals surface area (Å²) >= 11 is 0. The van der Waals surface area contributed by atoms with Crippen molar-refractivity contribution in [1.29, 1.82) is 0 Å². The van der Waals surface area contributed by atoms with Crippen LogP contribution < -0.4 is 10.6 Å². The van der Waals surface area contributed by atoms with Crippen molar-refractivity contribution in [3.05, 3.63) is 64.5 Å². The molecule has 5 nitrogen and oxygen atoms in total. The van der Waals surface area contributed by atoms with E-state index in [0.717, 1.165) is 6.42 Å². The van der Waals surface area contributed by atoms with Crippen LogP contribution in [0.15, 0.2) is 36.4 Å². The monoisotopic (exact) mass is 434 g/mol. The predicted octanol–water partition coefficient (Wildman–Crippen LogP) is 4.64. The van der Waals surface area contributed by atoms with Crippen molar-refractivity contribution in [2.24, 2.45) is 5.92 Å². The molecule has 162 valence electrons. The summed E-state index contributed by atoms with van der Waals surface area (Å²) in [6.07, 6.45) is -2.60. The molecule has 2 N–H and O–H groups in total. The van der Waals surface area contributed by atoms with Crippen LogP contribution in [0.2, 0.25) is 0 Å². The van der Waals surface area contributed by atoms with Gasteiger partial charge in [0.25, 0.3) is 11.8 Å². The summed E-state index contributed by atoms with van der Waals surface area (Å²) < 4.78 is 52.6. The number of hydrogen-bond acceptors (Lipinski definition) is 3. The van der Waals surface area contributed by atoms with E-state index in [-0.39, 0.29) is 23.3 Å². The Bertz CT molecular complexity index is 1080. The molecule has 0 bridgehead atoms. The number of amides is 2. The van der Waals surface area contributed by atoms with Gasteiger partial charge in [-0.1, -0.05) is 6.07 Å². The van der Waals surface area contributed by atoms with Gasteiger partial charge in [-0.15, -0.1) is 0 Å². The van der Waals surface area contributed by atoms with Gasteiger partial charge in [0.1, 0.15) is 11.6 Å². The molecule has 0 unspecified atom stereocenters. The summed E-state index contributed by atoms with van der Waals surface area (Å²) in [5.41, 5.74) is -0.705. The highest BCUT2D eigenvalue weighted by atomic mass is 19.4. The van der Waals surface area contributed by atoms with E-state index in [2.05, 4.69) is 10.6 Å². The first-order valence-corrected chi connectivity index (χ1v) is 9.78. The van der Waals surface area contributed by atoms with Crippen molar-refractivity contribution in [3.63, 3.8) is 0 Å². The van der Waals surface area contributed by atoms with Crippen LogP contribution in [0.5, 0.6) is 0 Å². The second kappa shape index (κ2) is 7.79. The zero-order valence-corrected chi connectivity index (χ0v) is 16.2. The van der Waals surface area contributed by atoms with E-state index in [1.165, 1.54) is 12.1 Å². The van der Waals surface area contributed by atoms with Crippen molar-refractivity contribution in [1.82, 2.24) is 5.32 Å². The molecule has 0 radical (unpaired) electrons. The predicted molar refractivity (Wildman–Crippen MR) is 103 cm³/mol. The first kappa shape index (κ1) is 21.0. The van der Waals surface area contributed by atoms with E-state index >= 15 is 0 Å². The van der Waals surface area contributed by atoms with Crippen LogP contribution in [-0.4, -0.2) is 17.6 Å². The molecule has 1 heterocycles. The number of carbonyl (C=O) groups is 3. The first-order valence-electron chi connectivity index (χ1n) is 9.78. The minimum Gasteiger partial charge on any atom is -0.345 e. The maximum absolute atomic E-state index is 13.7. The number of benzene rings is 2. The van der Waals surface area contributed by atoms with E-state index in [4.69, 9.17) is 0 Å². The molecule has 9 heteroatoms. The molecule has 0 saturated heterocycles. The van der Waals surface area contributed by atoms with Gasteiger partial charge in [0.15, 0.2) is 0 Å². The smallest absolute Gasteiger partial charge is 0.345 e. The SMILES string of the molecule is O=C1CCC[C@H]([C@H]2NC(=O)c3cccc(NC(=O)c4cc(F)cc(C(F)(F)F)c4)c32)C1. The van der Waals surface area contributed by atoms with E-state index in [0.29, 0.717) is 48.6 Å². The van der Waals surface area contributed by atoms with Crippen LogP contribution >= 0.6 is 0 Å². The highest BCUT2D eigenvalue weighted by molar-refractivity contribution is 6.07. The van der Waals surface area contributed by atoms with Gasteiger partial charge in [-0.3, -0.25) is 14.4 Å². The molecule has 2 atom stereocenters. The molecule has 0 aromatic heterocycles. The summed E-state index contributed by atoms with van der Waals surface area (Å²) in [5, 5.41) is 5.37. The first-order chi connectivity index (χ1) is 14.6. The zero-order valence-electron chi connectivity index (χ0n) is 16.2. The van der Waals surface area contributed by atoms with Crippen LogP contribution in [0.4, 0.5) is 23.2 Å². The van der Waals surface area contributed by atoms with E-state index in [9.17, 15) is 31.9 Å². The lowest BCUT2D eigenvalue weighted by Crippen LogP contribution is -2.30. The van der Waals surface area contributed by atoms with Crippen molar-refractivity contribution in [2.75, 3.05) is 5.32 Å². The lowest BCUT2D eigenvalue weighted by atomic mass is 9.80. The average Bonchev–Trinajstić information content (AvgIpc) is 3.05. The minimum atomic E-state index is -4.81. The number of carbonyl (C=O) groups excluding carboxylic acids is 3. The molecule has 2 amide bonds. The number of halogens is 4. The second-order valence-electron chi connectivity index (χ2n) is 7.79. The fourth-order valence-corrected chi connectivity index (χ4v) is 4.27. The number of rotatable bonds is 3. The molecular formula is C22H18F4N2O3. The van der Waals surface area contributed by atoms with E-state index < -0.39 is 35.1 Å². The van der Waals surface area contributed by atoms with Crippen LogP contribution in [-0.2, 0) is 11.0 Å². The van der Waals surface area contributed by atoms with Crippen molar-refractivity contribution < 1.29 is 31.9 Å². The highest BCUT2D eigenvalue weighted by Gasteiger charge is 2.38. The Labute approximate surface area is 174 Å². The molecule has 1 saturated carbocycles. The van der Waals surface area contributed by atoms with Gasteiger partial charge in [0, 0.05) is 35.2 Å². The highest BCUT2D eigenvalue weighted by Crippen LogP contribution is 2.41. The van der Waals surface area contributed by atoms with Crippen LogP contribution in [0.25, 0.3) is 0 Å². The summed E-state index contributed by atoms with van der Waals surface area (Å²) in [4.78, 5) is 37.0. The topological polar surface area (TPSA) is 75.3 Å². The molecule has 1 aliphatic heterocycles. The Kier molecular flexibility index (Phi) is 5.28. The van der Waals surface area contributed by atoms with Crippen molar-refractivity contribution in [3.8, 4) is 0 Å². The quantitative estimate of drug-likeness (QED) is 0.691. The number of ketones is 1. The molecule has 1 fully saturated rings. The third-order valence-corrected chi connectivity index (χ3v) is 5.68. The molecule has 1 aliphatic carbocycles. The number of anilines is 1. The van der Waals surface area contributed by atoms with Gasteiger partial charge >= 0.3 is 6.18 Å². The van der Waals surface area contributed by atoms with Gasteiger partial charge < -0.3 is 10.6 Å². The van der Waals surface area contributed by atoms with Gasteiger partial charge in [-0.25, -0.2) is 4.39 Å². The maximum Gasteiger partial charge on any atom is 0.416 e. The van der Waals surface area contributed by atoms with Gasteiger partial charge in [0.2, 0.25) is 0 Å². The number of alkyl halides is 3. The Morgan fingerprint density at radius 2 is 1.90 bits per heavy atom. The van der Waals surface area contributed by atoms with Gasteiger partial charge in [-0.05, 0) is 49.1 Å². The molecule has 2 aromatic rings. The lowest BCUT2D eigenvalue weighted by Gasteiger charge is -2.28. The van der Waals surface area contributed by atoms with E-state index in [1.54, 1.807) is 6.07 Å². The normalized spacial score (nSPS) is 20.9. The van der Waals surface area contributed by atoms with Crippen molar-refractivity contribution >= 4 is 23.3 Å². The molecule has 31 heavy (non-hydrogen) atoms. The van der Waals surface area contributed by atoms with Crippen molar-refractivity contribution in [2.45, 2.75) is 37.9 Å². The summed E-state index contributed by atoms with van der Waals surface area (Å²) in [6.45, 7) is 0. The fourth-order valence-electron chi connectivity index (χ4n) is 4.27. The second-order valence-corrected chi connectivity index (χ2v) is 7.79. The summed E-state index contributed by atoms with van der Waals surface area (Å²) in [6, 6.07) is 5.75. The van der Waals surface area contributed by atoms with Gasteiger partial charge in [0.05, 0.1) is 11.6 Å². The third kappa shape index (κ3) is 4.17. The molecule has 0 spiro atoms. The van der Waals surface area contributed by atoms with E-state index in [1.807, 2.05) is 0 Å². The molecule has 2 aromatic carbocycles. The largest absolute Gasteiger partial charge is 0.416 e. The summed E-state index contributed by atoms with van der Waals surface area (Å²) in [7, 11) is 0. The minimum absolute atomic E-state index is 0.0971. The standard InChI is InChI=1S/C22H18F4N2O3/c23-14-8-12(7-13(10-14)22(24,25)26)20(30)27-17-6-2-5-16-18(17)19(28-21(16)31)11-3-1-4-15(29)9-11/h2,5-8,10-11,19H,1,3-4,9H2,(H,27,30)(H,28,31)/t11-,19+/m0/s1. The third-order valence-electron chi connectivity index (χ3n) is 5.68. The Hall–Kier alpha value is -3.23. The molecule has 2 aliphatic rings. The van der Waals surface area contributed by atoms with Crippen LogP contribution in [0.3, 0.4) is 0 Å². The Balaban J connectivity index is 1.67. The number of nitrogens with one attached hydrogen (secondary N) is 2. The lowest BCUT2D eigenvalue weighted by molar-refractivity contribution is -0.137. The average molecular weight is 434 g/mol. The van der Waals surface area contributed by atoms with Gasteiger partial charge in [-0.2, -0.15) is 13.2 Å². The number of hydrogen-bond donors (Lipinski definition) is 2. The zero-order chi connectivity index (χ0) is 22.3. The Morgan fingerprint density at radius 3 is 2.61 bits per heavy atom. The van der Waals surface area contributed by atoms with Crippen LogP contribution in [0.1, 0.15) is 63.6 Å². The summed E-state index contributed by atoms with van der Waals surface area (Å²) in [5.74, 6) is -2.51. The molecule has 4 rings (SSSR count). The number of Topliss-reactive ketones (excluding diaryl/α,β-unsaturated/α-hetero) is 1. The Morgan fingerprint density at radius 1 is 1.13 bits per heavy atom. The number of fused-ring (bicyclic) bond motifs is 1.